The van der Waals surface area contributed by atoms with Crippen molar-refractivity contribution in [3.05, 3.63) is 70.0 Å². The van der Waals surface area contributed by atoms with E-state index in [1.54, 1.807) is 11.3 Å². The second-order valence-electron chi connectivity index (χ2n) is 6.47. The predicted molar refractivity (Wildman–Crippen MR) is 110 cm³/mol. The van der Waals surface area contributed by atoms with E-state index in [1.807, 2.05) is 18.2 Å². The first-order valence-electron chi connectivity index (χ1n) is 8.97. The number of aryl methyl sites for hydroxylation is 1. The Morgan fingerprint density at radius 3 is 2.81 bits per heavy atom. The molecule has 3 aromatic rings. The summed E-state index contributed by atoms with van der Waals surface area (Å²) in [5, 5.41) is 6.31. The molecule has 5 heteroatoms. The summed E-state index contributed by atoms with van der Waals surface area (Å²) in [4.78, 5) is 9.13. The SMILES string of the molecule is NC(=NCc1nc(-c2ccccc2)cs1)Nc1cccc2c1CCCC2. The van der Waals surface area contributed by atoms with Crippen LogP contribution in [0.1, 0.15) is 29.0 Å². The van der Waals surface area contributed by atoms with Gasteiger partial charge in [-0.15, -0.1) is 11.3 Å². The quantitative estimate of drug-likeness (QED) is 0.526. The molecule has 0 aliphatic heterocycles. The zero-order valence-electron chi connectivity index (χ0n) is 14.6. The lowest BCUT2D eigenvalue weighted by molar-refractivity contribution is 0.687. The van der Waals surface area contributed by atoms with Crippen molar-refractivity contribution in [3.8, 4) is 11.3 Å². The van der Waals surface area contributed by atoms with Gasteiger partial charge in [-0.05, 0) is 42.9 Å². The average Bonchev–Trinajstić information content (AvgIpc) is 3.17. The summed E-state index contributed by atoms with van der Waals surface area (Å²) in [5.74, 6) is 0.445. The van der Waals surface area contributed by atoms with Crippen LogP contribution in [0.15, 0.2) is 58.9 Å². The smallest absolute Gasteiger partial charge is 0.193 e. The number of aliphatic imine (C=N–C) groups is 1. The number of aromatic nitrogens is 1. The highest BCUT2D eigenvalue weighted by molar-refractivity contribution is 7.09. The Kier molecular flexibility index (Phi) is 4.97. The average molecular weight is 363 g/mol. The first-order chi connectivity index (χ1) is 12.8. The van der Waals surface area contributed by atoms with E-state index in [4.69, 9.17) is 5.73 Å². The van der Waals surface area contributed by atoms with E-state index >= 15 is 0 Å². The zero-order chi connectivity index (χ0) is 17.8. The van der Waals surface area contributed by atoms with Gasteiger partial charge >= 0.3 is 0 Å². The van der Waals surface area contributed by atoms with Crippen molar-refractivity contribution in [2.45, 2.75) is 32.2 Å². The van der Waals surface area contributed by atoms with Gasteiger partial charge in [0.2, 0.25) is 0 Å². The van der Waals surface area contributed by atoms with Crippen molar-refractivity contribution < 1.29 is 0 Å². The third-order valence-electron chi connectivity index (χ3n) is 4.66. The lowest BCUT2D eigenvalue weighted by atomic mass is 9.90. The van der Waals surface area contributed by atoms with Crippen LogP contribution in [-0.4, -0.2) is 10.9 Å². The molecule has 0 amide bonds. The Hall–Kier alpha value is -2.66. The number of nitrogens with zero attached hydrogens (tertiary/aromatic N) is 2. The molecule has 4 rings (SSSR count). The number of rotatable bonds is 4. The van der Waals surface area contributed by atoms with E-state index in [9.17, 15) is 0 Å². The molecule has 0 saturated carbocycles. The van der Waals surface area contributed by atoms with E-state index in [2.05, 4.69) is 51.0 Å². The van der Waals surface area contributed by atoms with E-state index in [0.29, 0.717) is 12.5 Å². The number of hydrogen-bond donors (Lipinski definition) is 2. The fourth-order valence-corrected chi connectivity index (χ4v) is 4.08. The van der Waals surface area contributed by atoms with Gasteiger partial charge in [0.05, 0.1) is 12.2 Å². The topological polar surface area (TPSA) is 63.3 Å². The third-order valence-corrected chi connectivity index (χ3v) is 5.50. The summed E-state index contributed by atoms with van der Waals surface area (Å²) in [6, 6.07) is 16.6. The van der Waals surface area contributed by atoms with Gasteiger partial charge in [-0.2, -0.15) is 0 Å². The van der Waals surface area contributed by atoms with E-state index in [1.165, 1.54) is 24.0 Å². The van der Waals surface area contributed by atoms with Crippen molar-refractivity contribution in [1.82, 2.24) is 4.98 Å². The van der Waals surface area contributed by atoms with Gasteiger partial charge in [0.25, 0.3) is 0 Å². The molecule has 1 aromatic heterocycles. The number of guanidine groups is 1. The molecule has 0 fully saturated rings. The van der Waals surface area contributed by atoms with Gasteiger partial charge in [-0.25, -0.2) is 9.98 Å². The molecule has 0 bridgehead atoms. The molecule has 1 aliphatic carbocycles. The van der Waals surface area contributed by atoms with E-state index in [0.717, 1.165) is 34.8 Å². The van der Waals surface area contributed by atoms with Crippen molar-refractivity contribution in [1.29, 1.82) is 0 Å². The fourth-order valence-electron chi connectivity index (χ4n) is 3.35. The van der Waals surface area contributed by atoms with Crippen LogP contribution in [0, 0.1) is 0 Å². The molecule has 1 heterocycles. The van der Waals surface area contributed by atoms with Crippen LogP contribution in [0.5, 0.6) is 0 Å². The van der Waals surface area contributed by atoms with Crippen LogP contribution in [-0.2, 0) is 19.4 Å². The van der Waals surface area contributed by atoms with Crippen LogP contribution < -0.4 is 11.1 Å². The molecular weight excluding hydrogens is 340 g/mol. The van der Waals surface area contributed by atoms with E-state index in [-0.39, 0.29) is 0 Å². The number of thiazole rings is 1. The molecule has 26 heavy (non-hydrogen) atoms. The number of fused-ring (bicyclic) bond motifs is 1. The van der Waals surface area contributed by atoms with Crippen LogP contribution in [0.25, 0.3) is 11.3 Å². The van der Waals surface area contributed by atoms with Gasteiger partial charge < -0.3 is 11.1 Å². The molecule has 4 nitrogen and oxygen atoms in total. The Bertz CT molecular complexity index is 915. The molecule has 3 N–H and O–H groups in total. The minimum absolute atomic E-state index is 0.445. The van der Waals surface area contributed by atoms with Gasteiger partial charge in [-0.1, -0.05) is 42.5 Å². The number of nitrogens with two attached hydrogens (primary N) is 1. The van der Waals surface area contributed by atoms with Crippen LogP contribution >= 0.6 is 11.3 Å². The molecule has 0 radical (unpaired) electrons. The van der Waals surface area contributed by atoms with Crippen LogP contribution in [0.4, 0.5) is 5.69 Å². The minimum Gasteiger partial charge on any atom is -0.370 e. The summed E-state index contributed by atoms with van der Waals surface area (Å²) in [7, 11) is 0. The largest absolute Gasteiger partial charge is 0.370 e. The maximum absolute atomic E-state index is 6.12. The van der Waals surface area contributed by atoms with Gasteiger partial charge in [0, 0.05) is 16.6 Å². The first-order valence-corrected chi connectivity index (χ1v) is 9.85. The predicted octanol–water partition coefficient (Wildman–Crippen LogP) is 4.62. The molecule has 0 atom stereocenters. The maximum atomic E-state index is 6.12. The molecule has 132 valence electrons. The summed E-state index contributed by atoms with van der Waals surface area (Å²) in [5.41, 5.74) is 12.1. The standard InChI is InChI=1S/C21H22N4S/c22-21(25-18-12-6-10-15-7-4-5-11-17(15)18)23-13-20-24-19(14-26-20)16-8-2-1-3-9-16/h1-3,6,8-10,12,14H,4-5,7,11,13H2,(H3,22,23,25). The number of anilines is 1. The Morgan fingerprint density at radius 1 is 1.08 bits per heavy atom. The first kappa shape index (κ1) is 16.8. The van der Waals surface area contributed by atoms with Crippen LogP contribution in [0.3, 0.4) is 0 Å². The Balaban J connectivity index is 1.44. The van der Waals surface area contributed by atoms with Crippen molar-refractivity contribution in [2.75, 3.05) is 5.32 Å². The molecule has 0 unspecified atom stereocenters. The third kappa shape index (κ3) is 3.78. The summed E-state index contributed by atoms with van der Waals surface area (Å²) < 4.78 is 0. The van der Waals surface area contributed by atoms with Crippen LogP contribution in [0.2, 0.25) is 0 Å². The van der Waals surface area contributed by atoms with E-state index < -0.39 is 0 Å². The minimum atomic E-state index is 0.445. The lowest BCUT2D eigenvalue weighted by Crippen LogP contribution is -2.24. The number of nitrogens with one attached hydrogen (secondary N) is 1. The molecule has 2 aromatic carbocycles. The zero-order valence-corrected chi connectivity index (χ0v) is 15.4. The number of hydrogen-bond acceptors (Lipinski definition) is 3. The number of benzene rings is 2. The Labute approximate surface area is 157 Å². The monoisotopic (exact) mass is 362 g/mol. The molecule has 1 aliphatic rings. The normalized spacial score (nSPS) is 14.1. The van der Waals surface area contributed by atoms with Gasteiger partial charge in [-0.3, -0.25) is 0 Å². The highest BCUT2D eigenvalue weighted by Crippen LogP contribution is 2.27. The second-order valence-corrected chi connectivity index (χ2v) is 7.41. The fraction of sp³-hybridized carbons (Fsp3) is 0.238. The summed E-state index contributed by atoms with van der Waals surface area (Å²) >= 11 is 1.61. The van der Waals surface area contributed by atoms with Crippen molar-refractivity contribution in [3.63, 3.8) is 0 Å². The van der Waals surface area contributed by atoms with Gasteiger partial charge in [0.15, 0.2) is 5.96 Å². The molecular formula is C21H22N4S. The highest BCUT2D eigenvalue weighted by atomic mass is 32.1. The highest BCUT2D eigenvalue weighted by Gasteiger charge is 2.13. The maximum Gasteiger partial charge on any atom is 0.193 e. The van der Waals surface area contributed by atoms with Crippen molar-refractivity contribution >= 4 is 23.0 Å². The lowest BCUT2D eigenvalue weighted by Gasteiger charge is -2.19. The summed E-state index contributed by atoms with van der Waals surface area (Å²) in [6.45, 7) is 0.491. The Morgan fingerprint density at radius 2 is 1.92 bits per heavy atom. The van der Waals surface area contributed by atoms with Crippen molar-refractivity contribution in [2.24, 2.45) is 10.7 Å². The second kappa shape index (κ2) is 7.70. The molecule has 0 saturated heterocycles. The van der Waals surface area contributed by atoms with Gasteiger partial charge in [0.1, 0.15) is 5.01 Å². The summed E-state index contributed by atoms with van der Waals surface area (Å²) in [6.07, 6.45) is 4.78. The molecule has 0 spiro atoms.